The van der Waals surface area contributed by atoms with E-state index in [-0.39, 0.29) is 11.3 Å². The van der Waals surface area contributed by atoms with Gasteiger partial charge in [0.1, 0.15) is 11.5 Å². The highest BCUT2D eigenvalue weighted by atomic mass is 19.4. The van der Waals surface area contributed by atoms with Gasteiger partial charge in [-0.25, -0.2) is 9.97 Å². The lowest BCUT2D eigenvalue weighted by Crippen LogP contribution is -2.13. The summed E-state index contributed by atoms with van der Waals surface area (Å²) >= 11 is 0. The number of halogens is 3. The van der Waals surface area contributed by atoms with Crippen molar-refractivity contribution in [2.24, 2.45) is 0 Å². The molecule has 180 valence electrons. The Hall–Kier alpha value is -4.73. The Morgan fingerprint density at radius 1 is 0.972 bits per heavy atom. The number of anilines is 3. The van der Waals surface area contributed by atoms with Crippen LogP contribution in [0, 0.1) is 6.92 Å². The number of aromatic amines is 1. The lowest BCUT2D eigenvalue weighted by Gasteiger charge is -2.14. The highest BCUT2D eigenvalue weighted by molar-refractivity contribution is 6.05. The second kappa shape index (κ2) is 9.14. The number of amides is 1. The van der Waals surface area contributed by atoms with Crippen LogP contribution < -0.4 is 10.6 Å². The van der Waals surface area contributed by atoms with Gasteiger partial charge in [-0.05, 0) is 61.0 Å². The summed E-state index contributed by atoms with van der Waals surface area (Å²) in [6.07, 6.45) is 0.563. The maximum Gasteiger partial charge on any atom is 0.416 e. The Morgan fingerprint density at radius 2 is 1.78 bits per heavy atom. The first-order valence-corrected chi connectivity index (χ1v) is 10.9. The van der Waals surface area contributed by atoms with Crippen molar-refractivity contribution in [1.29, 1.82) is 0 Å². The minimum atomic E-state index is -4.50. The van der Waals surface area contributed by atoms with Crippen LogP contribution in [0.4, 0.5) is 30.4 Å². The zero-order valence-electron chi connectivity index (χ0n) is 18.9. The molecule has 0 spiro atoms. The molecular weight excluding hydrogens is 469 g/mol. The van der Waals surface area contributed by atoms with Crippen LogP contribution in [0.25, 0.3) is 22.4 Å². The van der Waals surface area contributed by atoms with Crippen molar-refractivity contribution in [2.45, 2.75) is 13.1 Å². The van der Waals surface area contributed by atoms with E-state index in [4.69, 9.17) is 0 Å². The number of alkyl halides is 3. The molecule has 0 atom stereocenters. The molecule has 0 aliphatic rings. The number of carbonyl (C=O) groups is 1. The van der Waals surface area contributed by atoms with Gasteiger partial charge in [-0.3, -0.25) is 9.78 Å². The van der Waals surface area contributed by atoms with E-state index in [1.807, 2.05) is 13.0 Å². The third kappa shape index (κ3) is 4.74. The minimum Gasteiger partial charge on any atom is -0.346 e. The molecular formula is C26H19F3N6O. The summed E-state index contributed by atoms with van der Waals surface area (Å²) in [4.78, 5) is 29.2. The number of fused-ring (bicyclic) bond motifs is 1. The maximum atomic E-state index is 13.0. The summed E-state index contributed by atoms with van der Waals surface area (Å²) in [5.41, 5.74) is 2.37. The number of benzene rings is 2. The van der Waals surface area contributed by atoms with E-state index in [1.165, 1.54) is 12.1 Å². The lowest BCUT2D eigenvalue weighted by molar-refractivity contribution is -0.137. The SMILES string of the molecule is Cc1ccc(C(=O)Nc2cccc(C(F)(F)F)c2)cc1Nc1nc(-c2ccncc2)nc2[nH]ccc12. The van der Waals surface area contributed by atoms with E-state index in [1.54, 1.807) is 48.9 Å². The van der Waals surface area contributed by atoms with E-state index in [2.05, 4.69) is 30.6 Å². The molecule has 0 saturated heterocycles. The fourth-order valence-electron chi connectivity index (χ4n) is 3.67. The molecule has 3 N–H and O–H groups in total. The highest BCUT2D eigenvalue weighted by Crippen LogP contribution is 2.31. The van der Waals surface area contributed by atoms with Crippen molar-refractivity contribution in [3.8, 4) is 11.4 Å². The van der Waals surface area contributed by atoms with Crippen LogP contribution in [0.15, 0.2) is 79.3 Å². The number of rotatable bonds is 5. The van der Waals surface area contributed by atoms with Crippen LogP contribution in [0.2, 0.25) is 0 Å². The number of nitrogens with one attached hydrogen (secondary N) is 3. The molecule has 2 aromatic carbocycles. The van der Waals surface area contributed by atoms with E-state index in [0.717, 1.165) is 28.6 Å². The number of pyridine rings is 1. The molecule has 7 nitrogen and oxygen atoms in total. The summed E-state index contributed by atoms with van der Waals surface area (Å²) in [5, 5.41) is 6.57. The van der Waals surface area contributed by atoms with Gasteiger partial charge < -0.3 is 15.6 Å². The Morgan fingerprint density at radius 3 is 2.56 bits per heavy atom. The first kappa shape index (κ1) is 23.0. The van der Waals surface area contributed by atoms with Gasteiger partial charge in [-0.15, -0.1) is 0 Å². The largest absolute Gasteiger partial charge is 0.416 e. The van der Waals surface area contributed by atoms with Crippen molar-refractivity contribution >= 4 is 34.1 Å². The number of hydrogen-bond donors (Lipinski definition) is 3. The predicted octanol–water partition coefficient (Wildman–Crippen LogP) is 6.34. The molecule has 0 aliphatic carbocycles. The highest BCUT2D eigenvalue weighted by Gasteiger charge is 2.30. The molecule has 0 bridgehead atoms. The molecule has 0 radical (unpaired) electrons. The van der Waals surface area contributed by atoms with Crippen molar-refractivity contribution < 1.29 is 18.0 Å². The summed E-state index contributed by atoms with van der Waals surface area (Å²) in [7, 11) is 0. The average molecular weight is 488 g/mol. The quantitative estimate of drug-likeness (QED) is 0.268. The minimum absolute atomic E-state index is 0.0525. The van der Waals surface area contributed by atoms with Crippen LogP contribution in [0.5, 0.6) is 0 Å². The molecule has 10 heteroatoms. The smallest absolute Gasteiger partial charge is 0.346 e. The van der Waals surface area contributed by atoms with Gasteiger partial charge in [0, 0.05) is 41.1 Å². The Bertz CT molecular complexity index is 1560. The lowest BCUT2D eigenvalue weighted by atomic mass is 10.1. The standard InChI is InChI=1S/C26H19F3N6O/c1-15-5-6-17(25(36)32-19-4-2-3-18(14-19)26(27,28)29)13-21(15)33-24-20-9-12-31-23(20)34-22(35-24)16-7-10-30-11-8-16/h2-14H,1H3,(H,32,36)(H2,31,33,34,35). The Kier molecular flexibility index (Phi) is 5.85. The molecule has 5 aromatic rings. The molecule has 0 fully saturated rings. The van der Waals surface area contributed by atoms with Gasteiger partial charge in [0.25, 0.3) is 5.91 Å². The number of aromatic nitrogens is 4. The number of hydrogen-bond acceptors (Lipinski definition) is 5. The van der Waals surface area contributed by atoms with Gasteiger partial charge in [0.05, 0.1) is 10.9 Å². The molecule has 3 aromatic heterocycles. The topological polar surface area (TPSA) is 95.6 Å². The molecule has 0 aliphatic heterocycles. The van der Waals surface area contributed by atoms with Crippen LogP contribution >= 0.6 is 0 Å². The molecule has 36 heavy (non-hydrogen) atoms. The van der Waals surface area contributed by atoms with Crippen molar-refractivity contribution in [3.63, 3.8) is 0 Å². The Balaban J connectivity index is 1.45. The molecule has 0 unspecified atom stereocenters. The summed E-state index contributed by atoms with van der Waals surface area (Å²) < 4.78 is 39.1. The average Bonchev–Trinajstić information content (AvgIpc) is 3.35. The number of aryl methyl sites for hydroxylation is 1. The van der Waals surface area contributed by atoms with Crippen molar-refractivity contribution in [3.05, 3.63) is 95.9 Å². The van der Waals surface area contributed by atoms with Crippen LogP contribution in [0.1, 0.15) is 21.5 Å². The fourth-order valence-corrected chi connectivity index (χ4v) is 3.67. The van der Waals surface area contributed by atoms with E-state index in [9.17, 15) is 18.0 Å². The second-order valence-corrected chi connectivity index (χ2v) is 8.06. The van der Waals surface area contributed by atoms with Crippen LogP contribution in [-0.4, -0.2) is 25.8 Å². The Labute approximate surface area is 203 Å². The maximum absolute atomic E-state index is 13.0. The number of carbonyl (C=O) groups excluding carboxylic acids is 1. The normalized spacial score (nSPS) is 11.4. The van der Waals surface area contributed by atoms with Crippen LogP contribution in [0.3, 0.4) is 0 Å². The van der Waals surface area contributed by atoms with E-state index in [0.29, 0.717) is 23.0 Å². The molecule has 1 amide bonds. The van der Waals surface area contributed by atoms with Crippen molar-refractivity contribution in [1.82, 2.24) is 19.9 Å². The first-order chi connectivity index (χ1) is 17.3. The van der Waals surface area contributed by atoms with E-state index < -0.39 is 17.6 Å². The van der Waals surface area contributed by atoms with Crippen LogP contribution in [-0.2, 0) is 6.18 Å². The van der Waals surface area contributed by atoms with Crippen molar-refractivity contribution in [2.75, 3.05) is 10.6 Å². The fraction of sp³-hybridized carbons (Fsp3) is 0.0769. The predicted molar refractivity (Wildman–Crippen MR) is 131 cm³/mol. The van der Waals surface area contributed by atoms with Gasteiger partial charge >= 0.3 is 6.18 Å². The first-order valence-electron chi connectivity index (χ1n) is 10.9. The molecule has 5 rings (SSSR count). The molecule has 3 heterocycles. The summed E-state index contributed by atoms with van der Waals surface area (Å²) in [5.74, 6) is 0.488. The van der Waals surface area contributed by atoms with Gasteiger partial charge in [-0.1, -0.05) is 12.1 Å². The van der Waals surface area contributed by atoms with Gasteiger partial charge in [0.2, 0.25) is 0 Å². The summed E-state index contributed by atoms with van der Waals surface area (Å²) in [6.45, 7) is 1.87. The third-order valence-corrected chi connectivity index (χ3v) is 5.55. The summed E-state index contributed by atoms with van der Waals surface area (Å²) in [6, 6.07) is 14.9. The second-order valence-electron chi connectivity index (χ2n) is 8.06. The zero-order valence-corrected chi connectivity index (χ0v) is 18.9. The third-order valence-electron chi connectivity index (χ3n) is 5.55. The number of nitrogens with zero attached hydrogens (tertiary/aromatic N) is 3. The van der Waals surface area contributed by atoms with Gasteiger partial charge in [-0.2, -0.15) is 13.2 Å². The number of H-pyrrole nitrogens is 1. The van der Waals surface area contributed by atoms with E-state index >= 15 is 0 Å². The zero-order chi connectivity index (χ0) is 25.3. The monoisotopic (exact) mass is 488 g/mol. The van der Waals surface area contributed by atoms with Gasteiger partial charge in [0.15, 0.2) is 5.82 Å². The molecule has 0 saturated carbocycles.